The molecule has 2 N–H and O–H groups in total. The number of nitrogens with zero attached hydrogens (tertiary/aromatic N) is 1. The van der Waals surface area contributed by atoms with Crippen LogP contribution < -0.4 is 10.6 Å². The van der Waals surface area contributed by atoms with E-state index in [2.05, 4.69) is 29.7 Å². The first kappa shape index (κ1) is 20.8. The van der Waals surface area contributed by atoms with Crippen LogP contribution in [0.2, 0.25) is 0 Å². The van der Waals surface area contributed by atoms with Gasteiger partial charge in [0.25, 0.3) is 0 Å². The van der Waals surface area contributed by atoms with Gasteiger partial charge in [-0.05, 0) is 73.8 Å². The van der Waals surface area contributed by atoms with Crippen LogP contribution in [0.4, 0.5) is 11.4 Å². The van der Waals surface area contributed by atoms with Gasteiger partial charge in [-0.15, -0.1) is 0 Å². The first-order valence-corrected chi connectivity index (χ1v) is 11.5. The Hall–Kier alpha value is -1.96. The Morgan fingerprint density at radius 1 is 1.07 bits per heavy atom. The number of rotatable bonds is 5. The van der Waals surface area contributed by atoms with E-state index in [0.717, 1.165) is 36.9 Å². The second kappa shape index (κ2) is 9.03. The van der Waals surface area contributed by atoms with Crippen molar-refractivity contribution in [2.24, 2.45) is 0 Å². The van der Waals surface area contributed by atoms with Crippen molar-refractivity contribution in [3.63, 3.8) is 0 Å². The van der Waals surface area contributed by atoms with Crippen LogP contribution in [0.25, 0.3) is 0 Å². The van der Waals surface area contributed by atoms with E-state index in [1.54, 1.807) is 16.4 Å². The molecule has 150 valence electrons. The lowest BCUT2D eigenvalue weighted by Gasteiger charge is -2.26. The average molecular weight is 418 g/mol. The second-order valence-electron chi connectivity index (χ2n) is 7.07. The zero-order chi connectivity index (χ0) is 20.1. The number of nitrogens with one attached hydrogen (secondary N) is 2. The largest absolute Gasteiger partial charge is 0.332 e. The zero-order valence-electron chi connectivity index (χ0n) is 16.4. The van der Waals surface area contributed by atoms with E-state index in [-0.39, 0.29) is 0 Å². The predicted molar refractivity (Wildman–Crippen MR) is 119 cm³/mol. The van der Waals surface area contributed by atoms with Crippen LogP contribution in [0, 0.1) is 6.92 Å². The maximum absolute atomic E-state index is 12.9. The van der Waals surface area contributed by atoms with E-state index < -0.39 is 10.0 Å². The van der Waals surface area contributed by atoms with E-state index in [9.17, 15) is 8.42 Å². The van der Waals surface area contributed by atoms with Gasteiger partial charge in [-0.25, -0.2) is 8.42 Å². The molecule has 0 atom stereocenters. The van der Waals surface area contributed by atoms with E-state index in [1.807, 2.05) is 25.1 Å². The predicted octanol–water partition coefficient (Wildman–Crippen LogP) is 4.54. The normalized spacial score (nSPS) is 15.2. The molecule has 7 heteroatoms. The topological polar surface area (TPSA) is 61.4 Å². The number of piperidine rings is 1. The van der Waals surface area contributed by atoms with Crippen molar-refractivity contribution >= 4 is 38.7 Å². The lowest BCUT2D eigenvalue weighted by atomic mass is 10.1. The van der Waals surface area contributed by atoms with Gasteiger partial charge >= 0.3 is 0 Å². The maximum Gasteiger partial charge on any atom is 0.243 e. The van der Waals surface area contributed by atoms with Gasteiger partial charge in [0.1, 0.15) is 0 Å². The summed E-state index contributed by atoms with van der Waals surface area (Å²) in [6.07, 6.45) is 3.87. The molecule has 0 unspecified atom stereocenters. The molecule has 1 saturated heterocycles. The van der Waals surface area contributed by atoms with Gasteiger partial charge in [-0.2, -0.15) is 4.31 Å². The molecular weight excluding hydrogens is 390 g/mol. The highest BCUT2D eigenvalue weighted by Gasteiger charge is 2.26. The first-order valence-electron chi connectivity index (χ1n) is 9.68. The molecule has 1 aliphatic heterocycles. The molecule has 0 aliphatic carbocycles. The molecule has 1 heterocycles. The number of thiocarbonyl (C=S) groups is 1. The fourth-order valence-corrected chi connectivity index (χ4v) is 5.08. The van der Waals surface area contributed by atoms with Gasteiger partial charge in [0.15, 0.2) is 5.11 Å². The molecule has 1 aliphatic rings. The van der Waals surface area contributed by atoms with Crippen LogP contribution >= 0.6 is 12.2 Å². The van der Waals surface area contributed by atoms with Crippen LogP contribution in [0.5, 0.6) is 0 Å². The number of anilines is 2. The highest BCUT2D eigenvalue weighted by molar-refractivity contribution is 7.89. The SMILES string of the molecule is CCc1cccc(NC(=S)Nc2cc(S(=O)(=O)N3CCCCC3)ccc2C)c1. The standard InChI is InChI=1S/C21H27N3O2S2/c1-3-17-8-7-9-18(14-17)22-21(27)23-20-15-19(11-10-16(20)2)28(25,26)24-12-5-4-6-13-24/h7-11,14-15H,3-6,12-13H2,1-2H3,(H2,22,23,27). The maximum atomic E-state index is 12.9. The minimum atomic E-state index is -3.48. The molecule has 1 fully saturated rings. The van der Waals surface area contributed by atoms with Crippen LogP contribution in [-0.2, 0) is 16.4 Å². The van der Waals surface area contributed by atoms with Gasteiger partial charge in [0.2, 0.25) is 10.0 Å². The van der Waals surface area contributed by atoms with Crippen molar-refractivity contribution in [1.29, 1.82) is 0 Å². The number of sulfonamides is 1. The van der Waals surface area contributed by atoms with Crippen molar-refractivity contribution in [2.75, 3.05) is 23.7 Å². The quantitative estimate of drug-likeness (QED) is 0.700. The Morgan fingerprint density at radius 2 is 1.82 bits per heavy atom. The third-order valence-electron chi connectivity index (χ3n) is 5.00. The minimum Gasteiger partial charge on any atom is -0.332 e. The summed E-state index contributed by atoms with van der Waals surface area (Å²) in [7, 11) is -3.48. The first-order chi connectivity index (χ1) is 13.4. The second-order valence-corrected chi connectivity index (χ2v) is 9.42. The van der Waals surface area contributed by atoms with Crippen molar-refractivity contribution in [3.05, 3.63) is 53.6 Å². The van der Waals surface area contributed by atoms with Crippen molar-refractivity contribution in [2.45, 2.75) is 44.4 Å². The fraction of sp³-hybridized carbons (Fsp3) is 0.381. The number of benzene rings is 2. The minimum absolute atomic E-state index is 0.304. The van der Waals surface area contributed by atoms with E-state index in [0.29, 0.717) is 28.8 Å². The van der Waals surface area contributed by atoms with Crippen LogP contribution in [0.1, 0.15) is 37.3 Å². The monoisotopic (exact) mass is 417 g/mol. The summed E-state index contributed by atoms with van der Waals surface area (Å²) in [4.78, 5) is 0.304. The van der Waals surface area contributed by atoms with Gasteiger partial charge in [-0.1, -0.05) is 31.5 Å². The van der Waals surface area contributed by atoms with Gasteiger partial charge in [0.05, 0.1) is 4.90 Å². The van der Waals surface area contributed by atoms with Gasteiger partial charge in [0, 0.05) is 24.5 Å². The lowest BCUT2D eigenvalue weighted by molar-refractivity contribution is 0.346. The smallest absolute Gasteiger partial charge is 0.243 e. The fourth-order valence-electron chi connectivity index (χ4n) is 3.30. The van der Waals surface area contributed by atoms with Crippen LogP contribution in [-0.4, -0.2) is 30.9 Å². The van der Waals surface area contributed by atoms with Crippen molar-refractivity contribution in [3.8, 4) is 0 Å². The zero-order valence-corrected chi connectivity index (χ0v) is 18.0. The molecular formula is C21H27N3O2S2. The molecule has 0 radical (unpaired) electrons. The summed E-state index contributed by atoms with van der Waals surface area (Å²) in [5.41, 5.74) is 3.76. The number of hydrogen-bond acceptors (Lipinski definition) is 3. The Bertz CT molecular complexity index is 952. The summed E-state index contributed by atoms with van der Waals surface area (Å²) in [6.45, 7) is 5.21. The molecule has 2 aromatic carbocycles. The lowest BCUT2D eigenvalue weighted by Crippen LogP contribution is -2.35. The molecule has 0 amide bonds. The van der Waals surface area contributed by atoms with Gasteiger partial charge in [-0.3, -0.25) is 0 Å². The molecule has 0 spiro atoms. The average Bonchev–Trinajstić information content (AvgIpc) is 2.70. The number of hydrogen-bond donors (Lipinski definition) is 2. The molecule has 0 bridgehead atoms. The summed E-state index contributed by atoms with van der Waals surface area (Å²) in [5, 5.41) is 6.76. The van der Waals surface area contributed by atoms with E-state index in [4.69, 9.17) is 12.2 Å². The van der Waals surface area contributed by atoms with Crippen molar-refractivity contribution < 1.29 is 8.42 Å². The van der Waals surface area contributed by atoms with E-state index in [1.165, 1.54) is 5.56 Å². The summed E-state index contributed by atoms with van der Waals surface area (Å²) >= 11 is 5.44. The summed E-state index contributed by atoms with van der Waals surface area (Å²) in [6, 6.07) is 13.2. The Balaban J connectivity index is 1.76. The summed E-state index contributed by atoms with van der Waals surface area (Å²) in [5.74, 6) is 0. The highest BCUT2D eigenvalue weighted by Crippen LogP contribution is 2.25. The number of aryl methyl sites for hydroxylation is 2. The Labute approximate surface area is 173 Å². The molecule has 0 aromatic heterocycles. The van der Waals surface area contributed by atoms with Crippen LogP contribution in [0.3, 0.4) is 0 Å². The van der Waals surface area contributed by atoms with Gasteiger partial charge < -0.3 is 10.6 Å². The van der Waals surface area contributed by atoms with E-state index >= 15 is 0 Å². The molecule has 2 aromatic rings. The molecule has 0 saturated carbocycles. The van der Waals surface area contributed by atoms with Crippen molar-refractivity contribution in [1.82, 2.24) is 4.31 Å². The Kier molecular flexibility index (Phi) is 6.69. The third kappa shape index (κ3) is 4.90. The third-order valence-corrected chi connectivity index (χ3v) is 7.10. The molecule has 3 rings (SSSR count). The molecule has 5 nitrogen and oxygen atoms in total. The molecule has 28 heavy (non-hydrogen) atoms. The van der Waals surface area contributed by atoms with Crippen LogP contribution in [0.15, 0.2) is 47.4 Å². The Morgan fingerprint density at radius 3 is 2.54 bits per heavy atom. The summed E-state index contributed by atoms with van der Waals surface area (Å²) < 4.78 is 27.5. The highest BCUT2D eigenvalue weighted by atomic mass is 32.2.